The van der Waals surface area contributed by atoms with Crippen molar-refractivity contribution < 1.29 is 0 Å². The second kappa shape index (κ2) is 7.22. The van der Waals surface area contributed by atoms with E-state index in [-0.39, 0.29) is 0 Å². The van der Waals surface area contributed by atoms with Gasteiger partial charge in [0.05, 0.1) is 5.69 Å². The summed E-state index contributed by atoms with van der Waals surface area (Å²) in [6.45, 7) is 11.4. The molecule has 0 amide bonds. The Kier molecular flexibility index (Phi) is 5.91. The van der Waals surface area contributed by atoms with Crippen LogP contribution in [-0.2, 0) is 6.54 Å². The van der Waals surface area contributed by atoms with Crippen LogP contribution in [0.3, 0.4) is 0 Å². The Labute approximate surface area is 104 Å². The fourth-order valence-corrected chi connectivity index (χ4v) is 1.73. The van der Waals surface area contributed by atoms with Gasteiger partial charge in [0.2, 0.25) is 0 Å². The van der Waals surface area contributed by atoms with Gasteiger partial charge in [-0.15, -0.1) is 5.10 Å². The summed E-state index contributed by atoms with van der Waals surface area (Å²) in [6.07, 6.45) is 1.12. The minimum atomic E-state index is 0.462. The molecule has 0 aliphatic rings. The molecule has 1 heterocycles. The van der Waals surface area contributed by atoms with E-state index in [9.17, 15) is 0 Å². The van der Waals surface area contributed by atoms with E-state index >= 15 is 0 Å². The highest BCUT2D eigenvalue weighted by molar-refractivity contribution is 5.38. The summed E-state index contributed by atoms with van der Waals surface area (Å²) in [4.78, 5) is 2.28. The fraction of sp³-hybridized carbons (Fsp3) is 0.692. The van der Waals surface area contributed by atoms with Gasteiger partial charge >= 0.3 is 0 Å². The number of rotatable bonds is 7. The molecule has 0 aliphatic heterocycles. The molecule has 0 spiro atoms. The van der Waals surface area contributed by atoms with Crippen molar-refractivity contribution in [2.24, 2.45) is 0 Å². The molecule has 0 unspecified atom stereocenters. The lowest BCUT2D eigenvalue weighted by Crippen LogP contribution is -2.32. The summed E-state index contributed by atoms with van der Waals surface area (Å²) >= 11 is 0. The van der Waals surface area contributed by atoms with Gasteiger partial charge in [0, 0.05) is 19.1 Å². The van der Waals surface area contributed by atoms with Gasteiger partial charge < -0.3 is 10.2 Å². The number of hydrogen-bond acceptors (Lipinski definition) is 4. The molecule has 4 nitrogen and oxygen atoms in total. The zero-order valence-corrected chi connectivity index (χ0v) is 11.4. The Hall–Kier alpha value is -1.16. The van der Waals surface area contributed by atoms with Gasteiger partial charge in [-0.05, 0) is 38.9 Å². The molecule has 96 valence electrons. The van der Waals surface area contributed by atoms with Crippen molar-refractivity contribution >= 4 is 5.82 Å². The van der Waals surface area contributed by atoms with Gasteiger partial charge in [-0.25, -0.2) is 0 Å². The van der Waals surface area contributed by atoms with Crippen LogP contribution in [0.2, 0.25) is 0 Å². The van der Waals surface area contributed by atoms with Crippen LogP contribution in [0.15, 0.2) is 12.1 Å². The number of hydrogen-bond donors (Lipinski definition) is 1. The van der Waals surface area contributed by atoms with Crippen LogP contribution in [0.25, 0.3) is 0 Å². The average molecular weight is 236 g/mol. The SMILES string of the molecule is CCCN(c1ccc(CNCC)nn1)C(C)C. The van der Waals surface area contributed by atoms with Crippen molar-refractivity contribution in [3.05, 3.63) is 17.8 Å². The number of aromatic nitrogens is 2. The van der Waals surface area contributed by atoms with Crippen molar-refractivity contribution in [2.75, 3.05) is 18.0 Å². The quantitative estimate of drug-likeness (QED) is 0.788. The summed E-state index contributed by atoms with van der Waals surface area (Å²) in [5, 5.41) is 11.8. The molecule has 0 fully saturated rings. The molecule has 1 rings (SSSR count). The zero-order valence-electron chi connectivity index (χ0n) is 11.4. The van der Waals surface area contributed by atoms with Gasteiger partial charge in [-0.1, -0.05) is 13.8 Å². The molecule has 0 atom stereocenters. The predicted molar refractivity (Wildman–Crippen MR) is 72.2 cm³/mol. The van der Waals surface area contributed by atoms with Crippen LogP contribution in [-0.4, -0.2) is 29.3 Å². The third kappa shape index (κ3) is 4.30. The fourth-order valence-electron chi connectivity index (χ4n) is 1.73. The van der Waals surface area contributed by atoms with E-state index in [0.717, 1.165) is 37.6 Å². The van der Waals surface area contributed by atoms with E-state index in [1.807, 2.05) is 0 Å². The van der Waals surface area contributed by atoms with Crippen molar-refractivity contribution in [1.29, 1.82) is 0 Å². The van der Waals surface area contributed by atoms with E-state index in [1.54, 1.807) is 0 Å². The summed E-state index contributed by atoms with van der Waals surface area (Å²) in [5.74, 6) is 0.974. The Bertz CT molecular complexity index is 308. The summed E-state index contributed by atoms with van der Waals surface area (Å²) in [6, 6.07) is 4.58. The van der Waals surface area contributed by atoms with Crippen LogP contribution in [0, 0.1) is 0 Å². The maximum Gasteiger partial charge on any atom is 0.151 e. The van der Waals surface area contributed by atoms with Gasteiger partial charge in [0.15, 0.2) is 5.82 Å². The van der Waals surface area contributed by atoms with E-state index in [0.29, 0.717) is 6.04 Å². The molecule has 17 heavy (non-hydrogen) atoms. The molecule has 1 aromatic rings. The van der Waals surface area contributed by atoms with Crippen LogP contribution in [0.1, 0.15) is 39.8 Å². The maximum atomic E-state index is 4.31. The van der Waals surface area contributed by atoms with E-state index < -0.39 is 0 Å². The number of anilines is 1. The Morgan fingerprint density at radius 1 is 1.24 bits per heavy atom. The first-order valence-corrected chi connectivity index (χ1v) is 6.49. The topological polar surface area (TPSA) is 41.0 Å². The zero-order chi connectivity index (χ0) is 12.7. The van der Waals surface area contributed by atoms with Crippen LogP contribution in [0.4, 0.5) is 5.82 Å². The third-order valence-electron chi connectivity index (χ3n) is 2.64. The lowest BCUT2D eigenvalue weighted by Gasteiger charge is -2.26. The van der Waals surface area contributed by atoms with Gasteiger partial charge in [-0.2, -0.15) is 5.10 Å². The first-order valence-electron chi connectivity index (χ1n) is 6.49. The van der Waals surface area contributed by atoms with Crippen molar-refractivity contribution in [2.45, 2.75) is 46.7 Å². The average Bonchev–Trinajstić information content (AvgIpc) is 2.34. The number of nitrogens with one attached hydrogen (secondary N) is 1. The maximum absolute atomic E-state index is 4.31. The second-order valence-electron chi connectivity index (χ2n) is 4.45. The molecule has 1 N–H and O–H groups in total. The molecule has 0 radical (unpaired) electrons. The minimum Gasteiger partial charge on any atom is -0.353 e. The predicted octanol–water partition coefficient (Wildman–Crippen LogP) is 2.21. The van der Waals surface area contributed by atoms with E-state index in [1.165, 1.54) is 0 Å². The van der Waals surface area contributed by atoms with Crippen molar-refractivity contribution in [3.63, 3.8) is 0 Å². The molecular formula is C13H24N4. The molecule has 0 bridgehead atoms. The third-order valence-corrected chi connectivity index (χ3v) is 2.64. The lowest BCUT2D eigenvalue weighted by atomic mass is 10.2. The molecule has 0 saturated heterocycles. The monoisotopic (exact) mass is 236 g/mol. The molecular weight excluding hydrogens is 212 g/mol. The molecule has 4 heteroatoms. The highest BCUT2D eigenvalue weighted by Gasteiger charge is 2.11. The summed E-state index contributed by atoms with van der Waals surface area (Å²) in [5.41, 5.74) is 0.996. The summed E-state index contributed by atoms with van der Waals surface area (Å²) in [7, 11) is 0. The lowest BCUT2D eigenvalue weighted by molar-refractivity contribution is 0.648. The second-order valence-corrected chi connectivity index (χ2v) is 4.45. The van der Waals surface area contributed by atoms with E-state index in [2.05, 4.69) is 60.2 Å². The number of nitrogens with zero attached hydrogens (tertiary/aromatic N) is 3. The molecule has 0 saturated carbocycles. The molecule has 0 aliphatic carbocycles. The first kappa shape index (κ1) is 13.9. The highest BCUT2D eigenvalue weighted by Crippen LogP contribution is 2.13. The Balaban J connectivity index is 2.70. The van der Waals surface area contributed by atoms with Crippen molar-refractivity contribution in [1.82, 2.24) is 15.5 Å². The van der Waals surface area contributed by atoms with Gasteiger partial charge in [0.1, 0.15) is 0 Å². The van der Waals surface area contributed by atoms with Gasteiger partial charge in [0.25, 0.3) is 0 Å². The van der Waals surface area contributed by atoms with Crippen molar-refractivity contribution in [3.8, 4) is 0 Å². The van der Waals surface area contributed by atoms with Gasteiger partial charge in [-0.3, -0.25) is 0 Å². The minimum absolute atomic E-state index is 0.462. The van der Waals surface area contributed by atoms with Crippen LogP contribution >= 0.6 is 0 Å². The smallest absolute Gasteiger partial charge is 0.151 e. The highest BCUT2D eigenvalue weighted by atomic mass is 15.3. The Morgan fingerprint density at radius 3 is 2.47 bits per heavy atom. The molecule has 0 aromatic carbocycles. The normalized spacial score (nSPS) is 10.9. The Morgan fingerprint density at radius 2 is 2.00 bits per heavy atom. The molecule has 1 aromatic heterocycles. The first-order chi connectivity index (χ1) is 8.19. The standard InChI is InChI=1S/C13H24N4/c1-5-9-17(11(3)4)13-8-7-12(15-16-13)10-14-6-2/h7-8,11,14H,5-6,9-10H2,1-4H3. The van der Waals surface area contributed by atoms with Crippen LogP contribution < -0.4 is 10.2 Å². The van der Waals surface area contributed by atoms with Crippen LogP contribution in [0.5, 0.6) is 0 Å². The summed E-state index contributed by atoms with van der Waals surface area (Å²) < 4.78 is 0. The largest absolute Gasteiger partial charge is 0.353 e. The van der Waals surface area contributed by atoms with E-state index in [4.69, 9.17) is 0 Å².